The number of likely N-dealkylation sites (tertiary alicyclic amines) is 1. The summed E-state index contributed by atoms with van der Waals surface area (Å²) in [6, 6.07) is 7.78. The number of phenolic OH excluding ortho intramolecular Hbond substituents is 1. The largest absolute Gasteiger partial charge is 0.508 e. The topological polar surface area (TPSA) is 23.5 Å². The molecule has 0 radical (unpaired) electrons. The number of piperidine rings is 1. The van der Waals surface area contributed by atoms with Crippen LogP contribution in [0.2, 0.25) is 0 Å². The van der Waals surface area contributed by atoms with Crippen LogP contribution in [-0.4, -0.2) is 29.6 Å². The SMILES string of the molecule is CCN1CCC(C)(c2ccccc2O)CC1. The molecule has 1 heterocycles. The number of hydrogen-bond donors (Lipinski definition) is 1. The number of benzene rings is 1. The van der Waals surface area contributed by atoms with E-state index in [1.807, 2.05) is 12.1 Å². The summed E-state index contributed by atoms with van der Waals surface area (Å²) in [6.45, 7) is 7.90. The van der Waals surface area contributed by atoms with Crippen LogP contribution in [0.5, 0.6) is 5.75 Å². The molecule has 0 saturated carbocycles. The maximum atomic E-state index is 9.94. The van der Waals surface area contributed by atoms with Crippen molar-refractivity contribution in [2.45, 2.75) is 32.1 Å². The molecule has 88 valence electrons. The van der Waals surface area contributed by atoms with Gasteiger partial charge in [0.15, 0.2) is 0 Å². The Morgan fingerprint density at radius 2 is 1.88 bits per heavy atom. The van der Waals surface area contributed by atoms with Crippen LogP contribution in [-0.2, 0) is 5.41 Å². The van der Waals surface area contributed by atoms with Gasteiger partial charge in [0.1, 0.15) is 5.75 Å². The number of hydrogen-bond acceptors (Lipinski definition) is 2. The Bertz CT molecular complexity index is 354. The molecule has 1 aliphatic heterocycles. The molecule has 1 aliphatic rings. The first kappa shape index (κ1) is 11.5. The summed E-state index contributed by atoms with van der Waals surface area (Å²) in [6.07, 6.45) is 2.27. The molecule has 1 saturated heterocycles. The monoisotopic (exact) mass is 219 g/mol. The van der Waals surface area contributed by atoms with Crippen molar-refractivity contribution in [1.29, 1.82) is 0 Å². The Morgan fingerprint density at radius 3 is 2.44 bits per heavy atom. The molecule has 16 heavy (non-hydrogen) atoms. The molecule has 0 aromatic heterocycles. The third-order valence-electron chi connectivity index (χ3n) is 3.96. The second-order valence-electron chi connectivity index (χ2n) is 5.01. The van der Waals surface area contributed by atoms with E-state index in [1.54, 1.807) is 6.07 Å². The molecule has 0 bridgehead atoms. The van der Waals surface area contributed by atoms with Gasteiger partial charge in [-0.05, 0) is 49.5 Å². The van der Waals surface area contributed by atoms with Gasteiger partial charge < -0.3 is 10.0 Å². The predicted octanol–water partition coefficient (Wildman–Crippen LogP) is 2.77. The first-order valence-electron chi connectivity index (χ1n) is 6.16. The first-order valence-corrected chi connectivity index (χ1v) is 6.16. The standard InChI is InChI=1S/C14H21NO/c1-3-15-10-8-14(2,9-11-15)12-6-4-5-7-13(12)16/h4-7,16H,3,8-11H2,1-2H3. The van der Waals surface area contributed by atoms with Crippen LogP contribution in [0.15, 0.2) is 24.3 Å². The fourth-order valence-electron chi connectivity index (χ4n) is 2.62. The summed E-state index contributed by atoms with van der Waals surface area (Å²) in [5.74, 6) is 0.454. The summed E-state index contributed by atoms with van der Waals surface area (Å²) in [5, 5.41) is 9.94. The van der Waals surface area contributed by atoms with Crippen molar-refractivity contribution in [1.82, 2.24) is 4.90 Å². The zero-order chi connectivity index (χ0) is 11.6. The van der Waals surface area contributed by atoms with E-state index in [0.29, 0.717) is 5.75 Å². The maximum absolute atomic E-state index is 9.94. The van der Waals surface area contributed by atoms with Gasteiger partial charge in [0.25, 0.3) is 0 Å². The Morgan fingerprint density at radius 1 is 1.25 bits per heavy atom. The second-order valence-corrected chi connectivity index (χ2v) is 5.01. The summed E-state index contributed by atoms with van der Waals surface area (Å²) in [5.41, 5.74) is 1.27. The lowest BCUT2D eigenvalue weighted by molar-refractivity contribution is 0.173. The van der Waals surface area contributed by atoms with E-state index < -0.39 is 0 Å². The van der Waals surface area contributed by atoms with Gasteiger partial charge in [0.2, 0.25) is 0 Å². The molecule has 1 N–H and O–H groups in total. The summed E-state index contributed by atoms with van der Waals surface area (Å²) < 4.78 is 0. The zero-order valence-electron chi connectivity index (χ0n) is 10.2. The van der Waals surface area contributed by atoms with E-state index in [0.717, 1.165) is 38.0 Å². The second kappa shape index (κ2) is 4.46. The fraction of sp³-hybridized carbons (Fsp3) is 0.571. The predicted molar refractivity (Wildman–Crippen MR) is 66.8 cm³/mol. The molecule has 2 nitrogen and oxygen atoms in total. The van der Waals surface area contributed by atoms with E-state index in [1.165, 1.54) is 0 Å². The third kappa shape index (κ3) is 2.07. The third-order valence-corrected chi connectivity index (χ3v) is 3.96. The minimum atomic E-state index is 0.150. The lowest BCUT2D eigenvalue weighted by Crippen LogP contribution is -2.40. The van der Waals surface area contributed by atoms with E-state index in [4.69, 9.17) is 0 Å². The number of rotatable bonds is 2. The number of nitrogens with zero attached hydrogens (tertiary/aromatic N) is 1. The minimum Gasteiger partial charge on any atom is -0.508 e. The molecular weight excluding hydrogens is 198 g/mol. The summed E-state index contributed by atoms with van der Waals surface area (Å²) in [4.78, 5) is 2.47. The highest BCUT2D eigenvalue weighted by Crippen LogP contribution is 2.39. The van der Waals surface area contributed by atoms with Crippen molar-refractivity contribution in [3.05, 3.63) is 29.8 Å². The van der Waals surface area contributed by atoms with Crippen LogP contribution >= 0.6 is 0 Å². The van der Waals surface area contributed by atoms with Gasteiger partial charge in [-0.1, -0.05) is 32.0 Å². The van der Waals surface area contributed by atoms with Gasteiger partial charge in [-0.2, -0.15) is 0 Å². The normalized spacial score (nSPS) is 20.9. The quantitative estimate of drug-likeness (QED) is 0.826. The van der Waals surface area contributed by atoms with Gasteiger partial charge in [0, 0.05) is 0 Å². The number of phenols is 1. The highest BCUT2D eigenvalue weighted by molar-refractivity contribution is 5.38. The molecule has 0 spiro atoms. The molecule has 0 aliphatic carbocycles. The molecule has 2 heteroatoms. The Balaban J connectivity index is 2.18. The molecule has 1 fully saturated rings. The lowest BCUT2D eigenvalue weighted by atomic mass is 9.74. The van der Waals surface area contributed by atoms with Crippen molar-refractivity contribution in [3.63, 3.8) is 0 Å². The first-order chi connectivity index (χ1) is 7.65. The average Bonchev–Trinajstić information content (AvgIpc) is 2.30. The van der Waals surface area contributed by atoms with Gasteiger partial charge in [-0.15, -0.1) is 0 Å². The van der Waals surface area contributed by atoms with Crippen LogP contribution < -0.4 is 0 Å². The molecule has 2 rings (SSSR count). The Labute approximate surface area is 97.9 Å². The zero-order valence-corrected chi connectivity index (χ0v) is 10.2. The van der Waals surface area contributed by atoms with Crippen LogP contribution in [0.3, 0.4) is 0 Å². The Kier molecular flexibility index (Phi) is 3.20. The van der Waals surface area contributed by atoms with Crippen LogP contribution in [0.25, 0.3) is 0 Å². The van der Waals surface area contributed by atoms with Crippen molar-refractivity contribution < 1.29 is 5.11 Å². The van der Waals surface area contributed by atoms with Gasteiger partial charge in [0.05, 0.1) is 0 Å². The number of para-hydroxylation sites is 1. The van der Waals surface area contributed by atoms with Crippen molar-refractivity contribution >= 4 is 0 Å². The highest BCUT2D eigenvalue weighted by atomic mass is 16.3. The van der Waals surface area contributed by atoms with Gasteiger partial charge in [-0.25, -0.2) is 0 Å². The Hall–Kier alpha value is -1.02. The number of aromatic hydroxyl groups is 1. The smallest absolute Gasteiger partial charge is 0.119 e. The highest BCUT2D eigenvalue weighted by Gasteiger charge is 2.32. The molecule has 0 amide bonds. The van der Waals surface area contributed by atoms with Crippen LogP contribution in [0.1, 0.15) is 32.3 Å². The van der Waals surface area contributed by atoms with Crippen molar-refractivity contribution in [2.24, 2.45) is 0 Å². The summed E-state index contributed by atoms with van der Waals surface area (Å²) >= 11 is 0. The maximum Gasteiger partial charge on any atom is 0.119 e. The van der Waals surface area contributed by atoms with Gasteiger partial charge >= 0.3 is 0 Å². The molecular formula is C14H21NO. The molecule has 0 atom stereocenters. The van der Waals surface area contributed by atoms with Crippen LogP contribution in [0.4, 0.5) is 0 Å². The fourth-order valence-corrected chi connectivity index (χ4v) is 2.62. The molecule has 0 unspecified atom stereocenters. The van der Waals surface area contributed by atoms with E-state index in [9.17, 15) is 5.11 Å². The van der Waals surface area contributed by atoms with E-state index in [2.05, 4.69) is 24.8 Å². The van der Waals surface area contributed by atoms with E-state index in [-0.39, 0.29) is 5.41 Å². The lowest BCUT2D eigenvalue weighted by Gasteiger charge is -2.39. The van der Waals surface area contributed by atoms with Crippen molar-refractivity contribution in [3.8, 4) is 5.75 Å². The minimum absolute atomic E-state index is 0.150. The van der Waals surface area contributed by atoms with E-state index >= 15 is 0 Å². The average molecular weight is 219 g/mol. The molecule has 1 aromatic carbocycles. The van der Waals surface area contributed by atoms with Gasteiger partial charge in [-0.3, -0.25) is 0 Å². The van der Waals surface area contributed by atoms with Crippen LogP contribution in [0, 0.1) is 0 Å². The van der Waals surface area contributed by atoms with Crippen molar-refractivity contribution in [2.75, 3.05) is 19.6 Å². The summed E-state index contributed by atoms with van der Waals surface area (Å²) in [7, 11) is 0. The molecule has 1 aromatic rings.